The average molecular weight is 786 g/mol. The second kappa shape index (κ2) is 30.1. The molecule has 0 bridgehead atoms. The smallest absolute Gasteiger partial charge is 0.407 e. The Morgan fingerprint density at radius 3 is 1.82 bits per heavy atom. The maximum atomic E-state index is 10.6. The van der Waals surface area contributed by atoms with E-state index in [0.717, 1.165) is 108 Å². The number of rotatable bonds is 2. The first kappa shape index (κ1) is 51.0. The monoisotopic (exact) mass is 786 g/mol. The molecule has 3 N–H and O–H groups in total. The Morgan fingerprint density at radius 2 is 1.27 bits per heavy atom. The van der Waals surface area contributed by atoms with Crippen LogP contribution in [0.4, 0.5) is 4.79 Å². The quantitative estimate of drug-likeness (QED) is 0.208. The highest BCUT2D eigenvalue weighted by Crippen LogP contribution is 2.32. The van der Waals surface area contributed by atoms with Gasteiger partial charge >= 0.3 is 12.1 Å². The fraction of sp³-hybridized carbons (Fsp3) is 0.930. The number of amides is 2. The van der Waals surface area contributed by atoms with E-state index in [4.69, 9.17) is 18.9 Å². The Balaban J connectivity index is 0.000000331. The molecule has 324 valence electrons. The molecule has 0 aromatic heterocycles. The summed E-state index contributed by atoms with van der Waals surface area (Å²) in [4.78, 5) is 35.5. The number of esters is 1. The van der Waals surface area contributed by atoms with Crippen LogP contribution in [0.25, 0.3) is 0 Å². The third kappa shape index (κ3) is 25.1. The summed E-state index contributed by atoms with van der Waals surface area (Å²) < 4.78 is 19.8. The van der Waals surface area contributed by atoms with Crippen molar-refractivity contribution in [3.63, 3.8) is 0 Å². The molecule has 4 aliphatic heterocycles. The first-order valence-corrected chi connectivity index (χ1v) is 21.6. The Kier molecular flexibility index (Phi) is 28.0. The molecule has 4 heterocycles. The van der Waals surface area contributed by atoms with Gasteiger partial charge in [-0.25, -0.2) is 4.79 Å². The van der Waals surface area contributed by atoms with Crippen molar-refractivity contribution in [2.75, 3.05) is 73.3 Å². The number of likely N-dealkylation sites (tertiary alicyclic amines) is 1. The zero-order chi connectivity index (χ0) is 41.2. The predicted octanol–water partition coefficient (Wildman–Crippen LogP) is 6.55. The number of aliphatic hydroxyl groups excluding tert-OH is 2. The van der Waals surface area contributed by atoms with Gasteiger partial charge in [-0.2, -0.15) is 0 Å². The molecule has 9 atom stereocenters. The SMILES string of the molecule is CC1CCC(C)C(C)C1.CC1CCN(C=O)CC1.CC1CCNC(=O)OCC1.CC1CCOC(=O)CC1.CN1CCOCC1.CO[C@@H]1CC(C)C[C@@H](O)[C@@H]1O. The summed E-state index contributed by atoms with van der Waals surface area (Å²) in [6.07, 6.45) is 12.2. The van der Waals surface area contributed by atoms with E-state index < -0.39 is 12.2 Å². The molecule has 0 radical (unpaired) electrons. The molecule has 6 aliphatic rings. The summed E-state index contributed by atoms with van der Waals surface area (Å²) in [5.41, 5.74) is 0. The van der Waals surface area contributed by atoms with Crippen LogP contribution >= 0.6 is 0 Å². The lowest BCUT2D eigenvalue weighted by Gasteiger charge is -2.34. The highest BCUT2D eigenvalue weighted by molar-refractivity contribution is 5.69. The van der Waals surface area contributed by atoms with Gasteiger partial charge in [0.05, 0.1) is 38.6 Å². The third-order valence-electron chi connectivity index (χ3n) is 11.9. The van der Waals surface area contributed by atoms with Gasteiger partial charge in [-0.3, -0.25) is 9.59 Å². The molecule has 4 saturated heterocycles. The third-order valence-corrected chi connectivity index (χ3v) is 11.9. The van der Waals surface area contributed by atoms with E-state index in [-0.39, 0.29) is 18.2 Å². The van der Waals surface area contributed by atoms with Crippen molar-refractivity contribution in [2.24, 2.45) is 41.4 Å². The molecule has 2 amide bonds. The van der Waals surface area contributed by atoms with Crippen LogP contribution in [0.2, 0.25) is 0 Å². The van der Waals surface area contributed by atoms with Crippen molar-refractivity contribution < 1.29 is 43.5 Å². The number of ether oxygens (including phenoxy) is 4. The van der Waals surface area contributed by atoms with E-state index in [1.807, 2.05) is 4.90 Å². The van der Waals surface area contributed by atoms with Gasteiger partial charge in [-0.1, -0.05) is 61.3 Å². The van der Waals surface area contributed by atoms with Crippen molar-refractivity contribution in [1.29, 1.82) is 0 Å². The maximum Gasteiger partial charge on any atom is 0.407 e. The molecular weight excluding hydrogens is 702 g/mol. The minimum atomic E-state index is -0.698. The molecule has 0 aromatic rings. The summed E-state index contributed by atoms with van der Waals surface area (Å²) >= 11 is 0. The van der Waals surface area contributed by atoms with Crippen LogP contribution in [0.15, 0.2) is 0 Å². The molecule has 6 rings (SSSR count). The van der Waals surface area contributed by atoms with Crippen molar-refractivity contribution >= 4 is 18.5 Å². The van der Waals surface area contributed by atoms with Crippen molar-refractivity contribution in [1.82, 2.24) is 15.1 Å². The molecule has 12 heteroatoms. The molecular formula is C43H83N3O9. The molecule has 6 unspecified atom stereocenters. The van der Waals surface area contributed by atoms with Crippen molar-refractivity contribution in [3.05, 3.63) is 0 Å². The standard InChI is InChI=1S/C9H18.C8H16O3.C7H13NO2.C7H13NO.C7H12O2.C5H11NO/c1-7-4-5-8(2)9(3)6-7;1-5-3-6(9)8(10)7(4-5)11-2;1-6-2-4-8-7(9)10-5-3-6;1-7-2-4-8(6-9)5-3-7;1-6-2-3-7(8)9-5-4-6;1-6-2-4-7-5-3-6/h7-9H,4-6H2,1-3H3;5-10H,3-4H2,1-2H3;6H,2-5H2,1H3,(H,8,9);6-7H,2-5H2,1H3;6H,2-5H2,1H3;2-5H2,1H3/t;5?,6-,7-,8+;;;;/m.1..../s1. The van der Waals surface area contributed by atoms with Crippen LogP contribution in [-0.4, -0.2) is 130 Å². The number of aliphatic hydroxyl groups is 2. The number of nitrogens with one attached hydrogen (secondary N) is 1. The minimum Gasteiger partial charge on any atom is -0.466 e. The van der Waals surface area contributed by atoms with E-state index in [2.05, 4.69) is 65.7 Å². The molecule has 55 heavy (non-hydrogen) atoms. The molecule has 0 aromatic carbocycles. The summed E-state index contributed by atoms with van der Waals surface area (Å²) in [6.45, 7) is 23.7. The normalized spacial score (nSPS) is 33.1. The molecule has 12 nitrogen and oxygen atoms in total. The van der Waals surface area contributed by atoms with E-state index >= 15 is 0 Å². The topological polar surface area (TPSA) is 147 Å². The Labute approximate surface area is 335 Å². The number of piperidine rings is 1. The van der Waals surface area contributed by atoms with Gasteiger partial charge in [-0.05, 0) is 106 Å². The largest absolute Gasteiger partial charge is 0.466 e. The van der Waals surface area contributed by atoms with Gasteiger partial charge in [-0.15, -0.1) is 0 Å². The van der Waals surface area contributed by atoms with Crippen molar-refractivity contribution in [2.45, 2.75) is 144 Å². The van der Waals surface area contributed by atoms with Gasteiger partial charge in [0.2, 0.25) is 6.41 Å². The minimum absolute atomic E-state index is 0.0284. The summed E-state index contributed by atoms with van der Waals surface area (Å²) in [6, 6.07) is 0. The average Bonchev–Trinajstić information content (AvgIpc) is 3.35. The Bertz CT molecular complexity index is 980. The number of morpholine rings is 1. The fourth-order valence-electron chi connectivity index (χ4n) is 7.20. The molecule has 6 fully saturated rings. The highest BCUT2D eigenvalue weighted by atomic mass is 16.5. The van der Waals surface area contributed by atoms with E-state index in [9.17, 15) is 24.6 Å². The second-order valence-corrected chi connectivity index (χ2v) is 17.4. The number of alkyl carbamates (subject to hydrolysis) is 1. The first-order valence-electron chi connectivity index (χ1n) is 21.6. The zero-order valence-corrected chi connectivity index (χ0v) is 36.3. The van der Waals surface area contributed by atoms with Crippen molar-refractivity contribution in [3.8, 4) is 0 Å². The van der Waals surface area contributed by atoms with Crippen LogP contribution in [0.1, 0.15) is 126 Å². The summed E-state index contributed by atoms with van der Waals surface area (Å²) in [5, 5.41) is 21.4. The van der Waals surface area contributed by atoms with E-state index in [1.54, 1.807) is 7.11 Å². The zero-order valence-electron chi connectivity index (χ0n) is 36.3. The molecule has 2 aliphatic carbocycles. The number of methoxy groups -OCH3 is 1. The number of carbonyl (C=O) groups is 3. The maximum absolute atomic E-state index is 10.6. The summed E-state index contributed by atoms with van der Waals surface area (Å²) in [5.74, 6) is 5.53. The fourth-order valence-corrected chi connectivity index (χ4v) is 7.20. The van der Waals surface area contributed by atoms with E-state index in [0.29, 0.717) is 43.8 Å². The lowest BCUT2D eigenvalue weighted by atomic mass is 9.77. The number of hydrogen-bond acceptors (Lipinski definition) is 10. The second-order valence-electron chi connectivity index (χ2n) is 17.4. The molecule has 0 spiro atoms. The Morgan fingerprint density at radius 1 is 0.673 bits per heavy atom. The number of nitrogens with zero attached hydrogens (tertiary/aromatic N) is 2. The van der Waals surface area contributed by atoms with Crippen LogP contribution in [-0.2, 0) is 28.5 Å². The number of cyclic esters (lactones) is 2. The van der Waals surface area contributed by atoms with Gasteiger partial charge in [0, 0.05) is 46.3 Å². The van der Waals surface area contributed by atoms with Gasteiger partial charge < -0.3 is 44.3 Å². The van der Waals surface area contributed by atoms with Crippen LogP contribution in [0.3, 0.4) is 0 Å². The van der Waals surface area contributed by atoms with E-state index in [1.165, 1.54) is 32.1 Å². The summed E-state index contributed by atoms with van der Waals surface area (Å²) in [7, 11) is 3.68. The Hall–Kier alpha value is -1.99. The molecule has 2 saturated carbocycles. The van der Waals surface area contributed by atoms with Crippen LogP contribution in [0, 0.1) is 41.4 Å². The number of carbonyl (C=O) groups excluding carboxylic acids is 3. The van der Waals surface area contributed by atoms with Gasteiger partial charge in [0.25, 0.3) is 0 Å². The predicted molar refractivity (Wildman–Crippen MR) is 219 cm³/mol. The lowest BCUT2D eigenvalue weighted by molar-refractivity contribution is -0.142. The number of likely N-dealkylation sites (N-methyl/N-ethyl adjacent to an activating group) is 1. The van der Waals surface area contributed by atoms with Gasteiger partial charge in [0.15, 0.2) is 0 Å². The lowest BCUT2D eigenvalue weighted by Crippen LogP contribution is -2.44. The van der Waals surface area contributed by atoms with Crippen LogP contribution < -0.4 is 5.32 Å². The van der Waals surface area contributed by atoms with Crippen LogP contribution in [0.5, 0.6) is 0 Å². The number of hydrogen-bond donors (Lipinski definition) is 3. The highest BCUT2D eigenvalue weighted by Gasteiger charge is 2.33. The first-order chi connectivity index (χ1) is 26.1. The van der Waals surface area contributed by atoms with Gasteiger partial charge in [0.1, 0.15) is 6.10 Å².